The molecular formula is C15H12F2N2. The Kier molecular flexibility index (Phi) is 3.76. The number of nitrogens with one attached hydrogen (secondary N) is 1. The molecule has 0 unspecified atom stereocenters. The molecule has 0 atom stereocenters. The molecule has 19 heavy (non-hydrogen) atoms. The van der Waals surface area contributed by atoms with Gasteiger partial charge in [-0.05, 0) is 42.3 Å². The minimum absolute atomic E-state index is 0.255. The van der Waals surface area contributed by atoms with Crippen LogP contribution < -0.4 is 5.32 Å². The molecule has 2 rings (SSSR count). The second-order valence-electron chi connectivity index (χ2n) is 4.23. The minimum Gasteiger partial charge on any atom is -0.379 e. The molecule has 0 aliphatic heterocycles. The van der Waals surface area contributed by atoms with E-state index in [1.165, 1.54) is 12.1 Å². The second kappa shape index (κ2) is 5.49. The molecule has 0 fully saturated rings. The van der Waals surface area contributed by atoms with E-state index in [2.05, 4.69) is 11.4 Å². The molecule has 0 spiro atoms. The van der Waals surface area contributed by atoms with Gasteiger partial charge in [-0.25, -0.2) is 8.78 Å². The molecule has 0 bridgehead atoms. The maximum Gasteiger partial charge on any atom is 0.149 e. The Morgan fingerprint density at radius 1 is 1.16 bits per heavy atom. The molecular weight excluding hydrogens is 246 g/mol. The zero-order chi connectivity index (χ0) is 13.8. The van der Waals surface area contributed by atoms with Crippen molar-refractivity contribution in [2.24, 2.45) is 0 Å². The molecule has 4 heteroatoms. The fraction of sp³-hybridized carbons (Fsp3) is 0.133. The molecule has 0 aliphatic carbocycles. The monoisotopic (exact) mass is 258 g/mol. The van der Waals surface area contributed by atoms with Crippen molar-refractivity contribution >= 4 is 5.69 Å². The number of nitrogens with zero attached hydrogens (tertiary/aromatic N) is 1. The summed E-state index contributed by atoms with van der Waals surface area (Å²) < 4.78 is 26.2. The van der Waals surface area contributed by atoms with Crippen molar-refractivity contribution in [1.29, 1.82) is 5.26 Å². The Morgan fingerprint density at radius 3 is 2.58 bits per heavy atom. The molecule has 0 saturated carbocycles. The van der Waals surface area contributed by atoms with E-state index in [1.54, 1.807) is 12.1 Å². The topological polar surface area (TPSA) is 35.8 Å². The van der Waals surface area contributed by atoms with Gasteiger partial charge in [0.2, 0.25) is 0 Å². The van der Waals surface area contributed by atoms with E-state index in [-0.39, 0.29) is 5.69 Å². The normalized spacial score (nSPS) is 10.0. The smallest absolute Gasteiger partial charge is 0.149 e. The van der Waals surface area contributed by atoms with Crippen molar-refractivity contribution in [3.8, 4) is 6.07 Å². The highest BCUT2D eigenvalue weighted by Gasteiger charge is 2.05. The molecule has 0 amide bonds. The summed E-state index contributed by atoms with van der Waals surface area (Å²) in [4.78, 5) is 0. The standard InChI is InChI=1S/C15H12F2N2/c1-10-6-11(8-18)2-3-12(10)9-19-15-5-4-13(16)7-14(15)17/h2-7,19H,9H2,1H3. The second-order valence-corrected chi connectivity index (χ2v) is 4.23. The van der Waals surface area contributed by atoms with Crippen LogP contribution in [-0.2, 0) is 6.54 Å². The molecule has 0 heterocycles. The van der Waals surface area contributed by atoms with Crippen molar-refractivity contribution in [1.82, 2.24) is 0 Å². The number of nitriles is 1. The Labute approximate surface area is 110 Å². The van der Waals surface area contributed by atoms with Crippen LogP contribution in [-0.4, -0.2) is 0 Å². The molecule has 0 aliphatic rings. The van der Waals surface area contributed by atoms with Crippen LogP contribution >= 0.6 is 0 Å². The van der Waals surface area contributed by atoms with E-state index in [1.807, 2.05) is 13.0 Å². The first-order valence-electron chi connectivity index (χ1n) is 5.78. The maximum atomic E-state index is 13.4. The van der Waals surface area contributed by atoms with Crippen LogP contribution in [0.15, 0.2) is 36.4 Å². The predicted octanol–water partition coefficient (Wildman–Crippen LogP) is 3.76. The Morgan fingerprint density at radius 2 is 1.95 bits per heavy atom. The van der Waals surface area contributed by atoms with E-state index >= 15 is 0 Å². The highest BCUT2D eigenvalue weighted by atomic mass is 19.1. The first-order chi connectivity index (χ1) is 9.10. The fourth-order valence-electron chi connectivity index (χ4n) is 1.79. The quantitative estimate of drug-likeness (QED) is 0.909. The highest BCUT2D eigenvalue weighted by Crippen LogP contribution is 2.17. The van der Waals surface area contributed by atoms with E-state index < -0.39 is 11.6 Å². The number of hydrogen-bond donors (Lipinski definition) is 1. The van der Waals surface area contributed by atoms with E-state index in [4.69, 9.17) is 5.26 Å². The van der Waals surface area contributed by atoms with Gasteiger partial charge in [0.05, 0.1) is 17.3 Å². The van der Waals surface area contributed by atoms with Gasteiger partial charge in [0, 0.05) is 12.6 Å². The lowest BCUT2D eigenvalue weighted by Gasteiger charge is -2.10. The van der Waals surface area contributed by atoms with Gasteiger partial charge in [-0.1, -0.05) is 6.07 Å². The van der Waals surface area contributed by atoms with E-state index in [9.17, 15) is 8.78 Å². The number of anilines is 1. The number of hydrogen-bond acceptors (Lipinski definition) is 2. The zero-order valence-corrected chi connectivity index (χ0v) is 10.4. The summed E-state index contributed by atoms with van der Waals surface area (Å²) >= 11 is 0. The van der Waals surface area contributed by atoms with Crippen LogP contribution in [0.25, 0.3) is 0 Å². The third-order valence-corrected chi connectivity index (χ3v) is 2.87. The number of halogens is 2. The van der Waals surface area contributed by atoms with Crippen molar-refractivity contribution in [2.45, 2.75) is 13.5 Å². The summed E-state index contributed by atoms with van der Waals surface area (Å²) in [6.45, 7) is 2.30. The van der Waals surface area contributed by atoms with Gasteiger partial charge < -0.3 is 5.32 Å². The molecule has 2 aromatic rings. The fourth-order valence-corrected chi connectivity index (χ4v) is 1.79. The van der Waals surface area contributed by atoms with Crippen LogP contribution in [0.3, 0.4) is 0 Å². The average Bonchev–Trinajstić information content (AvgIpc) is 2.39. The minimum atomic E-state index is -0.619. The van der Waals surface area contributed by atoms with Crippen LogP contribution in [0.5, 0.6) is 0 Å². The number of benzene rings is 2. The summed E-state index contributed by atoms with van der Waals surface area (Å²) in [6.07, 6.45) is 0. The van der Waals surface area contributed by atoms with Gasteiger partial charge in [0.25, 0.3) is 0 Å². The molecule has 96 valence electrons. The Bertz CT molecular complexity index is 645. The van der Waals surface area contributed by atoms with Crippen LogP contribution in [0.4, 0.5) is 14.5 Å². The van der Waals surface area contributed by atoms with Gasteiger partial charge >= 0.3 is 0 Å². The lowest BCUT2D eigenvalue weighted by Crippen LogP contribution is -2.03. The highest BCUT2D eigenvalue weighted by molar-refractivity contribution is 5.46. The van der Waals surface area contributed by atoms with Gasteiger partial charge in [-0.2, -0.15) is 5.26 Å². The first kappa shape index (κ1) is 13.0. The molecule has 0 radical (unpaired) electrons. The Hall–Kier alpha value is -2.41. The average molecular weight is 258 g/mol. The van der Waals surface area contributed by atoms with Crippen molar-refractivity contribution in [3.63, 3.8) is 0 Å². The molecule has 0 saturated heterocycles. The molecule has 0 aromatic heterocycles. The summed E-state index contributed by atoms with van der Waals surface area (Å²) in [5.74, 6) is -1.22. The largest absolute Gasteiger partial charge is 0.379 e. The summed E-state index contributed by atoms with van der Waals surface area (Å²) in [5.41, 5.74) is 2.76. The molecule has 2 aromatic carbocycles. The first-order valence-corrected chi connectivity index (χ1v) is 5.78. The third-order valence-electron chi connectivity index (χ3n) is 2.87. The summed E-state index contributed by atoms with van der Waals surface area (Å²) in [7, 11) is 0. The van der Waals surface area contributed by atoms with Crippen LogP contribution in [0, 0.1) is 29.9 Å². The molecule has 1 N–H and O–H groups in total. The summed E-state index contributed by atoms with van der Waals surface area (Å²) in [5, 5.41) is 11.7. The third kappa shape index (κ3) is 3.08. The maximum absolute atomic E-state index is 13.4. The van der Waals surface area contributed by atoms with Crippen LogP contribution in [0.2, 0.25) is 0 Å². The van der Waals surface area contributed by atoms with Gasteiger partial charge in [0.1, 0.15) is 11.6 Å². The lowest BCUT2D eigenvalue weighted by atomic mass is 10.1. The van der Waals surface area contributed by atoms with Crippen LogP contribution in [0.1, 0.15) is 16.7 Å². The van der Waals surface area contributed by atoms with Crippen molar-refractivity contribution < 1.29 is 8.78 Å². The Balaban J connectivity index is 2.13. The van der Waals surface area contributed by atoms with E-state index in [0.29, 0.717) is 12.1 Å². The SMILES string of the molecule is Cc1cc(C#N)ccc1CNc1ccc(F)cc1F. The molecule has 2 nitrogen and oxygen atoms in total. The lowest BCUT2D eigenvalue weighted by molar-refractivity contribution is 0.585. The van der Waals surface area contributed by atoms with Crippen molar-refractivity contribution in [2.75, 3.05) is 5.32 Å². The predicted molar refractivity (Wildman–Crippen MR) is 69.6 cm³/mol. The zero-order valence-electron chi connectivity index (χ0n) is 10.4. The summed E-state index contributed by atoms with van der Waals surface area (Å²) in [6, 6.07) is 10.8. The number of rotatable bonds is 3. The van der Waals surface area contributed by atoms with Gasteiger partial charge in [-0.15, -0.1) is 0 Å². The van der Waals surface area contributed by atoms with Crippen molar-refractivity contribution in [3.05, 3.63) is 64.7 Å². The van der Waals surface area contributed by atoms with Gasteiger partial charge in [-0.3, -0.25) is 0 Å². The van der Waals surface area contributed by atoms with E-state index in [0.717, 1.165) is 17.2 Å². The number of aryl methyl sites for hydroxylation is 1. The van der Waals surface area contributed by atoms with Gasteiger partial charge in [0.15, 0.2) is 0 Å².